The van der Waals surface area contributed by atoms with E-state index in [-0.39, 0.29) is 18.6 Å². The molecule has 6 nitrogen and oxygen atoms in total. The second kappa shape index (κ2) is 6.16. The summed E-state index contributed by atoms with van der Waals surface area (Å²) in [7, 11) is 5.62. The second-order valence-corrected chi connectivity index (χ2v) is 5.21. The number of rotatable bonds is 4. The highest BCUT2D eigenvalue weighted by atomic mass is 16.5. The van der Waals surface area contributed by atoms with Crippen LogP contribution in [0.4, 0.5) is 0 Å². The smallest absolute Gasteiger partial charge is 0.249 e. The third-order valence-electron chi connectivity index (χ3n) is 3.42. The minimum atomic E-state index is 0.0454. The summed E-state index contributed by atoms with van der Waals surface area (Å²) in [6.45, 7) is 2.47. The van der Waals surface area contributed by atoms with Gasteiger partial charge in [-0.15, -0.1) is 0 Å². The van der Waals surface area contributed by atoms with Gasteiger partial charge in [-0.25, -0.2) is 0 Å². The maximum atomic E-state index is 12.2. The fourth-order valence-corrected chi connectivity index (χ4v) is 2.54. The van der Waals surface area contributed by atoms with E-state index >= 15 is 0 Å². The molecule has 2 heterocycles. The number of methoxy groups -OCH3 is 1. The molecule has 2 rings (SSSR count). The van der Waals surface area contributed by atoms with Crippen LogP contribution in [0.15, 0.2) is 12.3 Å². The zero-order valence-electron chi connectivity index (χ0n) is 11.9. The Morgan fingerprint density at radius 2 is 2.37 bits per heavy atom. The summed E-state index contributed by atoms with van der Waals surface area (Å²) in [5.41, 5.74) is 1.09. The summed E-state index contributed by atoms with van der Waals surface area (Å²) >= 11 is 0. The van der Waals surface area contributed by atoms with Gasteiger partial charge in [-0.3, -0.25) is 9.48 Å². The van der Waals surface area contributed by atoms with Crippen LogP contribution < -0.4 is 0 Å². The Morgan fingerprint density at radius 1 is 1.58 bits per heavy atom. The van der Waals surface area contributed by atoms with Crippen molar-refractivity contribution >= 4 is 5.91 Å². The van der Waals surface area contributed by atoms with E-state index in [1.807, 2.05) is 29.7 Å². The topological polar surface area (TPSA) is 50.6 Å². The Kier molecular flexibility index (Phi) is 4.55. The predicted octanol–water partition coefficient (Wildman–Crippen LogP) is 0.192. The SMILES string of the molecule is COCC(=O)N1Cc2ccnn2CC[C@H]1CN(C)C. The van der Waals surface area contributed by atoms with Crippen molar-refractivity contribution in [3.63, 3.8) is 0 Å². The van der Waals surface area contributed by atoms with Gasteiger partial charge in [0, 0.05) is 32.4 Å². The highest BCUT2D eigenvalue weighted by molar-refractivity contribution is 5.77. The van der Waals surface area contributed by atoms with Crippen LogP contribution in [0, 0.1) is 0 Å². The molecule has 6 heteroatoms. The van der Waals surface area contributed by atoms with Crippen molar-refractivity contribution in [3.8, 4) is 0 Å². The van der Waals surface area contributed by atoms with Crippen molar-refractivity contribution in [2.75, 3.05) is 34.4 Å². The molecule has 0 spiro atoms. The molecule has 0 radical (unpaired) electrons. The first kappa shape index (κ1) is 14.0. The molecule has 0 bridgehead atoms. The number of hydrogen-bond acceptors (Lipinski definition) is 4. The van der Waals surface area contributed by atoms with Crippen LogP contribution >= 0.6 is 0 Å². The number of hydrogen-bond donors (Lipinski definition) is 0. The minimum Gasteiger partial charge on any atom is -0.375 e. The van der Waals surface area contributed by atoms with E-state index < -0.39 is 0 Å². The first-order valence-corrected chi connectivity index (χ1v) is 6.55. The van der Waals surface area contributed by atoms with Gasteiger partial charge in [0.15, 0.2) is 0 Å². The Bertz CT molecular complexity index is 430. The average Bonchev–Trinajstić information content (AvgIpc) is 2.72. The summed E-state index contributed by atoms with van der Waals surface area (Å²) in [4.78, 5) is 16.3. The minimum absolute atomic E-state index is 0.0454. The number of carbonyl (C=O) groups is 1. The molecule has 106 valence electrons. The van der Waals surface area contributed by atoms with Crippen LogP contribution in [0.5, 0.6) is 0 Å². The summed E-state index contributed by atoms with van der Waals surface area (Å²) in [5.74, 6) is 0.0454. The first-order chi connectivity index (χ1) is 9.11. The normalized spacial score (nSPS) is 19.4. The van der Waals surface area contributed by atoms with Crippen molar-refractivity contribution in [2.24, 2.45) is 0 Å². The molecule has 0 saturated carbocycles. The number of aryl methyl sites for hydroxylation is 1. The lowest BCUT2D eigenvalue weighted by Gasteiger charge is -2.31. The second-order valence-electron chi connectivity index (χ2n) is 5.21. The molecule has 0 aromatic carbocycles. The van der Waals surface area contributed by atoms with E-state index in [9.17, 15) is 4.79 Å². The van der Waals surface area contributed by atoms with Gasteiger partial charge in [0.1, 0.15) is 6.61 Å². The lowest BCUT2D eigenvalue weighted by atomic mass is 10.1. The van der Waals surface area contributed by atoms with Crippen molar-refractivity contribution in [1.82, 2.24) is 19.6 Å². The van der Waals surface area contributed by atoms with Crippen LogP contribution in [-0.4, -0.2) is 65.9 Å². The molecule has 1 atom stereocenters. The largest absolute Gasteiger partial charge is 0.375 e. The zero-order valence-corrected chi connectivity index (χ0v) is 11.9. The molecule has 19 heavy (non-hydrogen) atoms. The van der Waals surface area contributed by atoms with Crippen molar-refractivity contribution in [1.29, 1.82) is 0 Å². The number of nitrogens with zero attached hydrogens (tertiary/aromatic N) is 4. The maximum Gasteiger partial charge on any atom is 0.249 e. The zero-order chi connectivity index (χ0) is 13.8. The van der Waals surface area contributed by atoms with Crippen molar-refractivity contribution in [2.45, 2.75) is 25.6 Å². The molecular weight excluding hydrogens is 244 g/mol. The predicted molar refractivity (Wildman–Crippen MR) is 71.6 cm³/mol. The molecule has 1 aliphatic rings. The number of fused-ring (bicyclic) bond motifs is 1. The number of likely N-dealkylation sites (N-methyl/N-ethyl adjacent to an activating group) is 1. The standard InChI is InChI=1S/C13H22N4O2/c1-15(2)8-11-5-7-17-12(4-6-14-17)9-16(11)13(18)10-19-3/h4,6,11H,5,7-10H2,1-3H3/t11-/m0/s1. The van der Waals surface area contributed by atoms with Gasteiger partial charge >= 0.3 is 0 Å². The fourth-order valence-electron chi connectivity index (χ4n) is 2.54. The van der Waals surface area contributed by atoms with Gasteiger partial charge in [-0.1, -0.05) is 0 Å². The van der Waals surface area contributed by atoms with Gasteiger partial charge in [-0.05, 0) is 26.6 Å². The van der Waals surface area contributed by atoms with Crippen LogP contribution in [0.25, 0.3) is 0 Å². The van der Waals surface area contributed by atoms with E-state index in [0.29, 0.717) is 6.54 Å². The summed E-state index contributed by atoms with van der Waals surface area (Å²) < 4.78 is 6.98. The quantitative estimate of drug-likeness (QED) is 0.781. The fraction of sp³-hybridized carbons (Fsp3) is 0.692. The van der Waals surface area contributed by atoms with E-state index in [1.54, 1.807) is 13.3 Å². The molecule has 0 fully saturated rings. The third kappa shape index (κ3) is 3.33. The number of ether oxygens (including phenoxy) is 1. The summed E-state index contributed by atoms with van der Waals surface area (Å²) in [6, 6.07) is 2.19. The van der Waals surface area contributed by atoms with Crippen LogP contribution in [0.2, 0.25) is 0 Å². The van der Waals surface area contributed by atoms with Crippen molar-refractivity contribution in [3.05, 3.63) is 18.0 Å². The molecule has 0 aliphatic carbocycles. The summed E-state index contributed by atoms with van der Waals surface area (Å²) in [5, 5.41) is 4.30. The first-order valence-electron chi connectivity index (χ1n) is 6.55. The van der Waals surface area contributed by atoms with Crippen molar-refractivity contribution < 1.29 is 9.53 Å². The molecule has 1 amide bonds. The third-order valence-corrected chi connectivity index (χ3v) is 3.42. The van der Waals surface area contributed by atoms with Gasteiger partial charge in [0.25, 0.3) is 0 Å². The van der Waals surface area contributed by atoms with Gasteiger partial charge in [-0.2, -0.15) is 5.10 Å². The average molecular weight is 266 g/mol. The molecule has 1 aromatic heterocycles. The number of aromatic nitrogens is 2. The lowest BCUT2D eigenvalue weighted by Crippen LogP contribution is -2.45. The maximum absolute atomic E-state index is 12.2. The van der Waals surface area contributed by atoms with E-state index in [0.717, 1.165) is 25.2 Å². The monoisotopic (exact) mass is 266 g/mol. The number of carbonyl (C=O) groups excluding carboxylic acids is 1. The van der Waals surface area contributed by atoms with Gasteiger partial charge in [0.2, 0.25) is 5.91 Å². The number of amides is 1. The lowest BCUT2D eigenvalue weighted by molar-refractivity contribution is -0.138. The van der Waals surface area contributed by atoms with E-state index in [4.69, 9.17) is 4.74 Å². The molecule has 0 saturated heterocycles. The molecule has 1 aliphatic heterocycles. The molecule has 0 N–H and O–H groups in total. The Morgan fingerprint density at radius 3 is 3.05 bits per heavy atom. The molecule has 0 unspecified atom stereocenters. The van der Waals surface area contributed by atoms with Gasteiger partial charge in [0.05, 0.1) is 12.2 Å². The molecular formula is C13H22N4O2. The van der Waals surface area contributed by atoms with Crippen LogP contribution in [0.1, 0.15) is 12.1 Å². The summed E-state index contributed by atoms with van der Waals surface area (Å²) in [6.07, 6.45) is 2.71. The van der Waals surface area contributed by atoms with E-state index in [1.165, 1.54) is 0 Å². The highest BCUT2D eigenvalue weighted by Crippen LogP contribution is 2.18. The van der Waals surface area contributed by atoms with Crippen LogP contribution in [0.3, 0.4) is 0 Å². The van der Waals surface area contributed by atoms with Gasteiger partial charge < -0.3 is 14.5 Å². The Balaban J connectivity index is 2.18. The Hall–Kier alpha value is -1.40. The highest BCUT2D eigenvalue weighted by Gasteiger charge is 2.28. The Labute approximate surface area is 113 Å². The molecule has 1 aromatic rings. The van der Waals surface area contributed by atoms with Crippen LogP contribution in [-0.2, 0) is 22.6 Å². The van der Waals surface area contributed by atoms with E-state index in [2.05, 4.69) is 10.00 Å².